The number of rotatable bonds is 2. The van der Waals surface area contributed by atoms with E-state index in [0.717, 1.165) is 25.7 Å². The van der Waals surface area contributed by atoms with Crippen LogP contribution in [0.2, 0.25) is 0 Å². The zero-order valence-electron chi connectivity index (χ0n) is 10.1. The molecule has 0 heterocycles. The molecule has 1 atom stereocenters. The molecule has 88 valence electrons. The van der Waals surface area contributed by atoms with E-state index in [1.165, 1.54) is 13.5 Å². The molecule has 3 heteroatoms. The van der Waals surface area contributed by atoms with Gasteiger partial charge in [-0.3, -0.25) is 4.79 Å². The van der Waals surface area contributed by atoms with Crippen LogP contribution in [0.5, 0.6) is 0 Å². The Balaban J connectivity index is 2.58. The summed E-state index contributed by atoms with van der Waals surface area (Å²) in [7, 11) is 1.42. The van der Waals surface area contributed by atoms with E-state index < -0.39 is 0 Å². The molecule has 0 spiro atoms. The molecule has 0 saturated heterocycles. The third-order valence-electron chi connectivity index (χ3n) is 3.55. The lowest BCUT2D eigenvalue weighted by molar-refractivity contribution is -0.142. The van der Waals surface area contributed by atoms with Gasteiger partial charge >= 0.3 is 5.97 Å². The molecule has 1 aliphatic rings. The van der Waals surface area contributed by atoms with Crippen LogP contribution in [-0.4, -0.2) is 18.6 Å². The lowest BCUT2D eigenvalue weighted by Crippen LogP contribution is -2.41. The van der Waals surface area contributed by atoms with Gasteiger partial charge in [-0.1, -0.05) is 20.3 Å². The van der Waals surface area contributed by atoms with Gasteiger partial charge in [0.15, 0.2) is 0 Å². The Morgan fingerprint density at radius 1 is 1.27 bits per heavy atom. The van der Waals surface area contributed by atoms with Crippen molar-refractivity contribution >= 4 is 5.97 Å². The van der Waals surface area contributed by atoms with Gasteiger partial charge in [-0.25, -0.2) is 0 Å². The maximum Gasteiger partial charge on any atom is 0.307 e. The highest BCUT2D eigenvalue weighted by atomic mass is 16.5. The fourth-order valence-corrected chi connectivity index (χ4v) is 2.29. The van der Waals surface area contributed by atoms with Crippen molar-refractivity contribution in [3.8, 4) is 0 Å². The maximum absolute atomic E-state index is 11.3. The monoisotopic (exact) mass is 213 g/mol. The molecule has 0 aromatic heterocycles. The van der Waals surface area contributed by atoms with E-state index in [9.17, 15) is 4.79 Å². The number of hydrogen-bond acceptors (Lipinski definition) is 3. The molecule has 1 aliphatic carbocycles. The van der Waals surface area contributed by atoms with Crippen molar-refractivity contribution in [2.24, 2.45) is 11.1 Å². The molecule has 0 aliphatic heterocycles. The average Bonchev–Trinajstić information content (AvgIpc) is 2.26. The molecule has 0 bridgehead atoms. The van der Waals surface area contributed by atoms with Gasteiger partial charge in [-0.05, 0) is 31.1 Å². The van der Waals surface area contributed by atoms with Crippen LogP contribution in [0.4, 0.5) is 0 Å². The van der Waals surface area contributed by atoms with Crippen LogP contribution in [-0.2, 0) is 9.53 Å². The van der Waals surface area contributed by atoms with E-state index in [1.54, 1.807) is 0 Å². The molecular weight excluding hydrogens is 190 g/mol. The van der Waals surface area contributed by atoms with Crippen molar-refractivity contribution in [3.05, 3.63) is 0 Å². The first-order chi connectivity index (χ1) is 6.87. The van der Waals surface area contributed by atoms with E-state index in [2.05, 4.69) is 13.8 Å². The number of carbonyl (C=O) groups excluding carboxylic acids is 1. The van der Waals surface area contributed by atoms with Gasteiger partial charge in [0.25, 0.3) is 0 Å². The van der Waals surface area contributed by atoms with Crippen molar-refractivity contribution in [2.45, 2.75) is 57.9 Å². The highest BCUT2D eigenvalue weighted by Crippen LogP contribution is 2.38. The standard InChI is InChI=1S/C12H23NO2/c1-11(2)5-4-6-12(13,8-7-11)9-10(14)15-3/h4-9,13H2,1-3H3. The smallest absolute Gasteiger partial charge is 0.307 e. The normalized spacial score (nSPS) is 30.7. The van der Waals surface area contributed by atoms with Gasteiger partial charge in [-0.2, -0.15) is 0 Å². The lowest BCUT2D eigenvalue weighted by Gasteiger charge is -2.28. The van der Waals surface area contributed by atoms with Crippen LogP contribution in [0.1, 0.15) is 52.4 Å². The minimum atomic E-state index is -0.332. The summed E-state index contributed by atoms with van der Waals surface area (Å²) in [6.45, 7) is 4.55. The molecule has 1 unspecified atom stereocenters. The van der Waals surface area contributed by atoms with Crippen LogP contribution in [0.25, 0.3) is 0 Å². The summed E-state index contributed by atoms with van der Waals surface area (Å²) in [5, 5.41) is 0. The second-order valence-electron chi connectivity index (χ2n) is 5.63. The molecule has 1 fully saturated rings. The van der Waals surface area contributed by atoms with E-state index >= 15 is 0 Å². The molecule has 2 N–H and O–H groups in total. The first-order valence-electron chi connectivity index (χ1n) is 5.73. The van der Waals surface area contributed by atoms with E-state index in [0.29, 0.717) is 11.8 Å². The molecule has 0 aromatic rings. The summed E-state index contributed by atoms with van der Waals surface area (Å²) in [6, 6.07) is 0. The molecule has 0 aromatic carbocycles. The van der Waals surface area contributed by atoms with Crippen LogP contribution in [0, 0.1) is 5.41 Å². The van der Waals surface area contributed by atoms with Crippen molar-refractivity contribution in [3.63, 3.8) is 0 Å². The van der Waals surface area contributed by atoms with Gasteiger partial charge in [-0.15, -0.1) is 0 Å². The number of esters is 1. The minimum absolute atomic E-state index is 0.183. The predicted octanol–water partition coefficient (Wildman–Crippen LogP) is 2.24. The Morgan fingerprint density at radius 2 is 1.93 bits per heavy atom. The van der Waals surface area contributed by atoms with Crippen LogP contribution >= 0.6 is 0 Å². The Hall–Kier alpha value is -0.570. The number of hydrogen-bond donors (Lipinski definition) is 1. The summed E-state index contributed by atoms with van der Waals surface area (Å²) in [6.07, 6.45) is 5.63. The lowest BCUT2D eigenvalue weighted by atomic mass is 9.83. The molecule has 0 radical (unpaired) electrons. The van der Waals surface area contributed by atoms with Crippen LogP contribution < -0.4 is 5.73 Å². The molecule has 1 rings (SSSR count). The maximum atomic E-state index is 11.3. The molecule has 0 amide bonds. The van der Waals surface area contributed by atoms with E-state index in [-0.39, 0.29) is 11.5 Å². The molecule has 15 heavy (non-hydrogen) atoms. The summed E-state index contributed by atoms with van der Waals surface area (Å²) in [4.78, 5) is 11.3. The van der Waals surface area contributed by atoms with Crippen molar-refractivity contribution in [1.82, 2.24) is 0 Å². The average molecular weight is 213 g/mol. The summed E-state index contributed by atoms with van der Waals surface area (Å²) in [5.41, 5.74) is 6.30. The summed E-state index contributed by atoms with van der Waals surface area (Å²) >= 11 is 0. The topological polar surface area (TPSA) is 52.3 Å². The zero-order valence-corrected chi connectivity index (χ0v) is 10.1. The quantitative estimate of drug-likeness (QED) is 0.565. The van der Waals surface area contributed by atoms with Gasteiger partial charge < -0.3 is 10.5 Å². The fraction of sp³-hybridized carbons (Fsp3) is 0.917. The minimum Gasteiger partial charge on any atom is -0.469 e. The zero-order chi connectivity index (χ0) is 11.5. The van der Waals surface area contributed by atoms with Gasteiger partial charge in [0.1, 0.15) is 0 Å². The third-order valence-corrected chi connectivity index (χ3v) is 3.55. The number of methoxy groups -OCH3 is 1. The summed E-state index contributed by atoms with van der Waals surface area (Å²) in [5.74, 6) is -0.183. The van der Waals surface area contributed by atoms with Crippen molar-refractivity contribution in [2.75, 3.05) is 7.11 Å². The van der Waals surface area contributed by atoms with Crippen molar-refractivity contribution < 1.29 is 9.53 Å². The largest absolute Gasteiger partial charge is 0.469 e. The Bertz CT molecular complexity index is 238. The molecular formula is C12H23NO2. The first-order valence-corrected chi connectivity index (χ1v) is 5.73. The third kappa shape index (κ3) is 3.82. The predicted molar refractivity (Wildman–Crippen MR) is 60.4 cm³/mol. The van der Waals surface area contributed by atoms with Gasteiger partial charge in [0.2, 0.25) is 0 Å². The highest BCUT2D eigenvalue weighted by molar-refractivity contribution is 5.70. The number of carbonyl (C=O) groups is 1. The van der Waals surface area contributed by atoms with Crippen molar-refractivity contribution in [1.29, 1.82) is 0 Å². The van der Waals surface area contributed by atoms with Crippen LogP contribution in [0.3, 0.4) is 0 Å². The SMILES string of the molecule is COC(=O)CC1(N)CCCC(C)(C)CC1. The second-order valence-corrected chi connectivity index (χ2v) is 5.63. The molecule has 3 nitrogen and oxygen atoms in total. The second kappa shape index (κ2) is 4.52. The van der Waals surface area contributed by atoms with E-state index in [1.807, 2.05) is 0 Å². The Morgan fingerprint density at radius 3 is 2.53 bits per heavy atom. The fourth-order valence-electron chi connectivity index (χ4n) is 2.29. The Labute approximate surface area is 92.4 Å². The summed E-state index contributed by atoms with van der Waals surface area (Å²) < 4.78 is 4.69. The number of nitrogens with two attached hydrogens (primary N) is 1. The van der Waals surface area contributed by atoms with E-state index in [4.69, 9.17) is 10.5 Å². The Kier molecular flexibility index (Phi) is 3.77. The molecule has 1 saturated carbocycles. The van der Waals surface area contributed by atoms with Gasteiger partial charge in [0, 0.05) is 5.54 Å². The van der Waals surface area contributed by atoms with Gasteiger partial charge in [0.05, 0.1) is 13.5 Å². The number of ether oxygens (including phenoxy) is 1. The van der Waals surface area contributed by atoms with Crippen LogP contribution in [0.15, 0.2) is 0 Å². The first kappa shape index (κ1) is 12.5. The highest BCUT2D eigenvalue weighted by Gasteiger charge is 2.34.